The van der Waals surface area contributed by atoms with E-state index in [4.69, 9.17) is 22.7 Å². The summed E-state index contributed by atoms with van der Waals surface area (Å²) in [5.74, 6) is 0.797. The summed E-state index contributed by atoms with van der Waals surface area (Å²) in [6, 6.07) is 7.53. The maximum Gasteiger partial charge on any atom is 0.119 e. The molecular weight excluding hydrogens is 246 g/mol. The van der Waals surface area contributed by atoms with E-state index in [1.54, 1.807) is 12.5 Å². The standard InChI is InChI=1S/C13H15N3OS/c14-13(18)11-3-1-4-12(9-11)17-8-2-6-16-7-5-15-10-16/h1,3-5,7,9-10H,2,6,8H2,(H2,14,18). The zero-order chi connectivity index (χ0) is 12.8. The Hall–Kier alpha value is -1.88. The lowest BCUT2D eigenvalue weighted by Crippen LogP contribution is -2.09. The smallest absolute Gasteiger partial charge is 0.119 e. The fourth-order valence-electron chi connectivity index (χ4n) is 1.60. The molecule has 0 aliphatic heterocycles. The van der Waals surface area contributed by atoms with Crippen LogP contribution in [0.25, 0.3) is 0 Å². The summed E-state index contributed by atoms with van der Waals surface area (Å²) < 4.78 is 7.67. The van der Waals surface area contributed by atoms with E-state index >= 15 is 0 Å². The first kappa shape index (κ1) is 12.6. The highest BCUT2D eigenvalue weighted by molar-refractivity contribution is 7.80. The van der Waals surface area contributed by atoms with Crippen LogP contribution in [0.5, 0.6) is 5.75 Å². The number of nitrogens with two attached hydrogens (primary N) is 1. The normalized spacial score (nSPS) is 10.2. The predicted molar refractivity (Wildman–Crippen MR) is 74.7 cm³/mol. The van der Waals surface area contributed by atoms with Gasteiger partial charge in [0.05, 0.1) is 12.9 Å². The molecule has 94 valence electrons. The fraction of sp³-hybridized carbons (Fsp3) is 0.231. The summed E-state index contributed by atoms with van der Waals surface area (Å²) >= 11 is 4.92. The molecule has 1 aromatic heterocycles. The molecule has 0 aliphatic carbocycles. The Balaban J connectivity index is 1.79. The van der Waals surface area contributed by atoms with Gasteiger partial charge >= 0.3 is 0 Å². The molecule has 5 heteroatoms. The lowest BCUT2D eigenvalue weighted by Gasteiger charge is -2.07. The maximum absolute atomic E-state index is 5.65. The van der Waals surface area contributed by atoms with Crippen molar-refractivity contribution in [1.29, 1.82) is 0 Å². The van der Waals surface area contributed by atoms with Crippen LogP contribution in [0.15, 0.2) is 43.0 Å². The van der Waals surface area contributed by atoms with Crippen molar-refractivity contribution in [3.8, 4) is 5.75 Å². The van der Waals surface area contributed by atoms with E-state index in [9.17, 15) is 0 Å². The highest BCUT2D eigenvalue weighted by Crippen LogP contribution is 2.13. The Bertz CT molecular complexity index is 511. The first-order valence-corrected chi connectivity index (χ1v) is 6.15. The molecule has 1 heterocycles. The lowest BCUT2D eigenvalue weighted by molar-refractivity contribution is 0.301. The molecule has 2 aromatic rings. The minimum Gasteiger partial charge on any atom is -0.494 e. The summed E-state index contributed by atoms with van der Waals surface area (Å²) in [6.45, 7) is 1.55. The van der Waals surface area contributed by atoms with Gasteiger partial charge in [0, 0.05) is 24.5 Å². The molecule has 0 fully saturated rings. The molecule has 18 heavy (non-hydrogen) atoms. The van der Waals surface area contributed by atoms with Crippen LogP contribution in [0.4, 0.5) is 0 Å². The first-order valence-electron chi connectivity index (χ1n) is 5.74. The second-order valence-electron chi connectivity index (χ2n) is 3.89. The molecule has 0 spiro atoms. The number of rotatable bonds is 6. The minimum absolute atomic E-state index is 0.388. The average molecular weight is 261 g/mol. The van der Waals surface area contributed by atoms with Gasteiger partial charge in [-0.05, 0) is 18.6 Å². The fourth-order valence-corrected chi connectivity index (χ4v) is 1.72. The van der Waals surface area contributed by atoms with Crippen LogP contribution >= 0.6 is 12.2 Å². The van der Waals surface area contributed by atoms with Crippen LogP contribution in [0, 0.1) is 0 Å². The van der Waals surface area contributed by atoms with Crippen molar-refractivity contribution in [3.05, 3.63) is 48.5 Å². The van der Waals surface area contributed by atoms with Gasteiger partial charge in [-0.2, -0.15) is 0 Å². The van der Waals surface area contributed by atoms with Gasteiger partial charge in [0.15, 0.2) is 0 Å². The van der Waals surface area contributed by atoms with Gasteiger partial charge in [-0.15, -0.1) is 0 Å². The number of benzene rings is 1. The van der Waals surface area contributed by atoms with E-state index < -0.39 is 0 Å². The molecule has 0 saturated carbocycles. The number of aromatic nitrogens is 2. The largest absolute Gasteiger partial charge is 0.494 e. The molecule has 0 aliphatic rings. The van der Waals surface area contributed by atoms with Crippen LogP contribution in [-0.2, 0) is 6.54 Å². The molecule has 0 unspecified atom stereocenters. The Labute approximate surface area is 111 Å². The van der Waals surface area contributed by atoms with E-state index in [-0.39, 0.29) is 0 Å². The number of ether oxygens (including phenoxy) is 1. The van der Waals surface area contributed by atoms with Crippen LogP contribution in [-0.4, -0.2) is 21.1 Å². The molecule has 4 nitrogen and oxygen atoms in total. The van der Waals surface area contributed by atoms with Crippen LogP contribution in [0.3, 0.4) is 0 Å². The third-order valence-corrected chi connectivity index (χ3v) is 2.74. The molecule has 2 rings (SSSR count). The first-order chi connectivity index (χ1) is 8.75. The highest BCUT2D eigenvalue weighted by atomic mass is 32.1. The molecule has 0 saturated heterocycles. The van der Waals surface area contributed by atoms with Gasteiger partial charge in [-0.25, -0.2) is 4.98 Å². The van der Waals surface area contributed by atoms with Gasteiger partial charge in [-0.3, -0.25) is 0 Å². The van der Waals surface area contributed by atoms with Gasteiger partial charge in [0.2, 0.25) is 0 Å². The number of imidazole rings is 1. The second kappa shape index (κ2) is 6.16. The van der Waals surface area contributed by atoms with Crippen molar-refractivity contribution in [1.82, 2.24) is 9.55 Å². The third-order valence-electron chi connectivity index (χ3n) is 2.51. The molecule has 0 amide bonds. The van der Waals surface area contributed by atoms with Gasteiger partial charge < -0.3 is 15.0 Å². The molecule has 1 aromatic carbocycles. The van der Waals surface area contributed by atoms with E-state index in [2.05, 4.69) is 4.98 Å². The summed E-state index contributed by atoms with van der Waals surface area (Å²) in [7, 11) is 0. The van der Waals surface area contributed by atoms with Crippen molar-refractivity contribution in [2.75, 3.05) is 6.61 Å². The number of hydrogen-bond donors (Lipinski definition) is 1. The number of thiocarbonyl (C=S) groups is 1. The summed E-state index contributed by atoms with van der Waals surface area (Å²) in [6.07, 6.45) is 6.43. The summed E-state index contributed by atoms with van der Waals surface area (Å²) in [4.78, 5) is 4.37. The van der Waals surface area contributed by atoms with Crippen molar-refractivity contribution >= 4 is 17.2 Å². The average Bonchev–Trinajstić information content (AvgIpc) is 2.88. The quantitative estimate of drug-likeness (QED) is 0.638. The monoisotopic (exact) mass is 261 g/mol. The van der Waals surface area contributed by atoms with Crippen molar-refractivity contribution in [2.24, 2.45) is 5.73 Å². The van der Waals surface area contributed by atoms with Crippen molar-refractivity contribution in [2.45, 2.75) is 13.0 Å². The maximum atomic E-state index is 5.65. The highest BCUT2D eigenvalue weighted by Gasteiger charge is 1.99. The van der Waals surface area contributed by atoms with Crippen LogP contribution in [0.2, 0.25) is 0 Å². The Morgan fingerprint density at radius 3 is 3.06 bits per heavy atom. The van der Waals surface area contributed by atoms with Crippen molar-refractivity contribution in [3.63, 3.8) is 0 Å². The Morgan fingerprint density at radius 2 is 2.33 bits per heavy atom. The van der Waals surface area contributed by atoms with Crippen molar-refractivity contribution < 1.29 is 4.74 Å². The zero-order valence-corrected chi connectivity index (χ0v) is 10.8. The van der Waals surface area contributed by atoms with Crippen LogP contribution in [0.1, 0.15) is 12.0 Å². The molecule has 0 radical (unpaired) electrons. The molecular formula is C13H15N3OS. The third kappa shape index (κ3) is 3.56. The molecule has 2 N–H and O–H groups in total. The Morgan fingerprint density at radius 1 is 1.44 bits per heavy atom. The zero-order valence-electron chi connectivity index (χ0n) is 9.95. The lowest BCUT2D eigenvalue weighted by atomic mass is 10.2. The summed E-state index contributed by atoms with van der Waals surface area (Å²) in [5.41, 5.74) is 6.40. The minimum atomic E-state index is 0.388. The predicted octanol–water partition coefficient (Wildman–Crippen LogP) is 1.99. The molecule has 0 atom stereocenters. The van der Waals surface area contributed by atoms with E-state index in [0.29, 0.717) is 11.6 Å². The second-order valence-corrected chi connectivity index (χ2v) is 4.33. The Kier molecular flexibility index (Phi) is 4.30. The number of hydrogen-bond acceptors (Lipinski definition) is 3. The summed E-state index contributed by atoms with van der Waals surface area (Å²) in [5, 5.41) is 0. The van der Waals surface area contributed by atoms with Gasteiger partial charge in [0.1, 0.15) is 10.7 Å². The van der Waals surface area contributed by atoms with E-state index in [1.807, 2.05) is 35.0 Å². The number of aryl methyl sites for hydroxylation is 1. The van der Waals surface area contributed by atoms with Gasteiger partial charge in [-0.1, -0.05) is 24.4 Å². The van der Waals surface area contributed by atoms with Gasteiger partial charge in [0.25, 0.3) is 0 Å². The topological polar surface area (TPSA) is 53.1 Å². The van der Waals surface area contributed by atoms with E-state index in [1.165, 1.54) is 0 Å². The van der Waals surface area contributed by atoms with Crippen LogP contribution < -0.4 is 10.5 Å². The SMILES string of the molecule is NC(=S)c1cccc(OCCCn2ccnc2)c1. The van der Waals surface area contributed by atoms with E-state index in [0.717, 1.165) is 24.3 Å². The number of nitrogens with zero attached hydrogens (tertiary/aromatic N) is 2. The molecule has 0 bridgehead atoms.